The minimum atomic E-state index is 0.699. The molecule has 0 amide bonds. The van der Waals surface area contributed by atoms with Gasteiger partial charge in [-0.3, -0.25) is 0 Å². The molecular weight excluding hydrogens is 372 g/mol. The highest BCUT2D eigenvalue weighted by molar-refractivity contribution is 9.10. The Labute approximate surface area is 147 Å². The molecule has 0 atom stereocenters. The number of halogens is 1. The fourth-order valence-electron chi connectivity index (χ4n) is 2.14. The van der Waals surface area contributed by atoms with E-state index in [1.54, 1.807) is 4.68 Å². The molecule has 3 aromatic rings. The highest BCUT2D eigenvalue weighted by Crippen LogP contribution is 2.16. The minimum Gasteiger partial charge on any atom is -0.191 e. The summed E-state index contributed by atoms with van der Waals surface area (Å²) in [5.74, 6) is 0.826. The Bertz CT molecular complexity index is 814. The maximum absolute atomic E-state index is 4.57. The molecule has 116 valence electrons. The Morgan fingerprint density at radius 2 is 1.96 bits per heavy atom. The van der Waals surface area contributed by atoms with Crippen molar-refractivity contribution in [1.29, 1.82) is 0 Å². The Hall–Kier alpha value is -1.92. The molecule has 0 fully saturated rings. The van der Waals surface area contributed by atoms with Gasteiger partial charge < -0.3 is 0 Å². The van der Waals surface area contributed by atoms with Crippen LogP contribution in [0.3, 0.4) is 0 Å². The van der Waals surface area contributed by atoms with Gasteiger partial charge in [-0.15, -0.1) is 10.2 Å². The summed E-state index contributed by atoms with van der Waals surface area (Å²) in [7, 11) is 0. The van der Waals surface area contributed by atoms with Gasteiger partial charge in [0, 0.05) is 10.9 Å². The predicted octanol–water partition coefficient (Wildman–Crippen LogP) is 4.24. The molecule has 23 heavy (non-hydrogen) atoms. The molecule has 3 rings (SSSR count). The summed E-state index contributed by atoms with van der Waals surface area (Å²) in [6.45, 7) is 0. The zero-order valence-corrected chi connectivity index (χ0v) is 15.0. The highest BCUT2D eigenvalue weighted by Gasteiger charge is 2.11. The van der Waals surface area contributed by atoms with Crippen LogP contribution in [0.4, 0.5) is 0 Å². The number of hydrogen-bond acceptors (Lipinski definition) is 4. The Morgan fingerprint density at radius 1 is 1.13 bits per heavy atom. The number of hydrogen-bond donors (Lipinski definition) is 0. The molecule has 0 N–H and O–H groups in total. The van der Waals surface area contributed by atoms with Crippen molar-refractivity contribution in [2.45, 2.75) is 11.6 Å². The minimum absolute atomic E-state index is 0.699. The molecule has 0 saturated heterocycles. The lowest BCUT2D eigenvalue weighted by Gasteiger charge is -2.03. The summed E-state index contributed by atoms with van der Waals surface area (Å²) < 4.78 is 2.83. The van der Waals surface area contributed by atoms with Crippen LogP contribution >= 0.6 is 27.7 Å². The maximum Gasteiger partial charge on any atom is 0.211 e. The second-order valence-electron chi connectivity index (χ2n) is 4.88. The number of nitrogens with zero attached hydrogens (tertiary/aromatic N) is 4. The van der Waals surface area contributed by atoms with Gasteiger partial charge in [0.25, 0.3) is 0 Å². The summed E-state index contributed by atoms with van der Waals surface area (Å²) in [5, 5.41) is 13.8. The summed E-state index contributed by atoms with van der Waals surface area (Å²) in [6, 6.07) is 18.2. The van der Waals surface area contributed by atoms with E-state index in [9.17, 15) is 0 Å². The summed E-state index contributed by atoms with van der Waals surface area (Å²) >= 11 is 5.00. The van der Waals surface area contributed by atoms with Crippen molar-refractivity contribution in [2.24, 2.45) is 5.10 Å². The van der Waals surface area contributed by atoms with E-state index >= 15 is 0 Å². The molecule has 4 nitrogen and oxygen atoms in total. The molecule has 0 unspecified atom stereocenters. The van der Waals surface area contributed by atoms with Crippen molar-refractivity contribution >= 4 is 33.9 Å². The molecular formula is C17H15BrN4S. The van der Waals surface area contributed by atoms with E-state index < -0.39 is 0 Å². The lowest BCUT2D eigenvalue weighted by Crippen LogP contribution is -2.01. The second-order valence-corrected chi connectivity index (χ2v) is 6.57. The zero-order chi connectivity index (χ0) is 16.1. The van der Waals surface area contributed by atoms with Crippen LogP contribution in [0.5, 0.6) is 0 Å². The average Bonchev–Trinajstić information content (AvgIpc) is 2.96. The number of aromatic nitrogens is 3. The fraction of sp³-hybridized carbons (Fsp3) is 0.118. The first kappa shape index (κ1) is 16.0. The normalized spacial score (nSPS) is 11.2. The SMILES string of the molecule is CSc1nnc(Cc2ccccc2)n1/N=C\c1cccc(Br)c1. The van der Waals surface area contributed by atoms with E-state index in [-0.39, 0.29) is 0 Å². The number of benzene rings is 2. The first-order valence-electron chi connectivity index (χ1n) is 7.08. The molecule has 0 aliphatic rings. The summed E-state index contributed by atoms with van der Waals surface area (Å²) in [4.78, 5) is 0. The molecule has 1 aromatic heterocycles. The van der Waals surface area contributed by atoms with Crippen LogP contribution < -0.4 is 0 Å². The van der Waals surface area contributed by atoms with Gasteiger partial charge in [0.2, 0.25) is 5.16 Å². The van der Waals surface area contributed by atoms with Crippen LogP contribution in [0.15, 0.2) is 69.3 Å². The van der Waals surface area contributed by atoms with Gasteiger partial charge in [-0.1, -0.05) is 70.2 Å². The Balaban J connectivity index is 1.89. The Morgan fingerprint density at radius 3 is 2.70 bits per heavy atom. The van der Waals surface area contributed by atoms with Crippen molar-refractivity contribution in [3.8, 4) is 0 Å². The van der Waals surface area contributed by atoms with Crippen LogP contribution in [0.1, 0.15) is 17.0 Å². The van der Waals surface area contributed by atoms with Crippen molar-refractivity contribution in [3.63, 3.8) is 0 Å². The van der Waals surface area contributed by atoms with Crippen LogP contribution in [0.2, 0.25) is 0 Å². The smallest absolute Gasteiger partial charge is 0.191 e. The molecule has 0 bridgehead atoms. The van der Waals surface area contributed by atoms with Gasteiger partial charge in [-0.05, 0) is 29.5 Å². The lowest BCUT2D eigenvalue weighted by atomic mass is 10.1. The summed E-state index contributed by atoms with van der Waals surface area (Å²) in [6.07, 6.45) is 4.49. The van der Waals surface area contributed by atoms with Crippen molar-refractivity contribution in [2.75, 3.05) is 6.26 Å². The molecule has 0 spiro atoms. The monoisotopic (exact) mass is 386 g/mol. The van der Waals surface area contributed by atoms with Crippen LogP contribution in [0, 0.1) is 0 Å². The first-order chi connectivity index (χ1) is 11.3. The van der Waals surface area contributed by atoms with Gasteiger partial charge in [0.1, 0.15) is 0 Å². The molecule has 0 radical (unpaired) electrons. The molecule has 0 aliphatic carbocycles. The van der Waals surface area contributed by atoms with Gasteiger partial charge >= 0.3 is 0 Å². The van der Waals surface area contributed by atoms with Crippen molar-refractivity contribution in [3.05, 3.63) is 76.0 Å². The molecule has 1 heterocycles. The summed E-state index contributed by atoms with van der Waals surface area (Å²) in [5.41, 5.74) is 2.21. The van der Waals surface area contributed by atoms with E-state index in [1.807, 2.05) is 54.9 Å². The molecule has 2 aromatic carbocycles. The van der Waals surface area contributed by atoms with E-state index in [0.29, 0.717) is 6.42 Å². The number of thioether (sulfide) groups is 1. The Kier molecular flexibility index (Phi) is 5.25. The standard InChI is InChI=1S/C17H15BrN4S/c1-23-17-21-20-16(11-13-6-3-2-4-7-13)22(17)19-12-14-8-5-9-15(18)10-14/h2-10,12H,11H2,1H3/b19-12-. The van der Waals surface area contributed by atoms with Gasteiger partial charge in [0.15, 0.2) is 5.82 Å². The third-order valence-electron chi connectivity index (χ3n) is 3.24. The second kappa shape index (κ2) is 7.57. The molecule has 0 saturated carbocycles. The van der Waals surface area contributed by atoms with Gasteiger partial charge in [0.05, 0.1) is 6.21 Å². The largest absolute Gasteiger partial charge is 0.211 e. The lowest BCUT2D eigenvalue weighted by molar-refractivity contribution is 0.730. The topological polar surface area (TPSA) is 43.1 Å². The van der Waals surface area contributed by atoms with Gasteiger partial charge in [-0.2, -0.15) is 9.78 Å². The first-order valence-corrected chi connectivity index (χ1v) is 9.10. The number of rotatable bonds is 5. The average molecular weight is 387 g/mol. The maximum atomic E-state index is 4.57. The van der Waals surface area contributed by atoms with E-state index in [4.69, 9.17) is 0 Å². The highest BCUT2D eigenvalue weighted by atomic mass is 79.9. The third kappa shape index (κ3) is 4.09. The van der Waals surface area contributed by atoms with E-state index in [1.165, 1.54) is 17.3 Å². The van der Waals surface area contributed by atoms with Crippen molar-refractivity contribution in [1.82, 2.24) is 14.9 Å². The van der Waals surface area contributed by atoms with Crippen LogP contribution in [0.25, 0.3) is 0 Å². The molecule has 6 heteroatoms. The zero-order valence-electron chi connectivity index (χ0n) is 12.6. The fourth-order valence-corrected chi connectivity index (χ4v) is 3.00. The molecule has 0 aliphatic heterocycles. The quantitative estimate of drug-likeness (QED) is 0.486. The predicted molar refractivity (Wildman–Crippen MR) is 98.2 cm³/mol. The van der Waals surface area contributed by atoms with Crippen molar-refractivity contribution < 1.29 is 0 Å². The van der Waals surface area contributed by atoms with E-state index in [0.717, 1.165) is 21.0 Å². The van der Waals surface area contributed by atoms with E-state index in [2.05, 4.69) is 43.4 Å². The van der Waals surface area contributed by atoms with Crippen LogP contribution in [-0.2, 0) is 6.42 Å². The van der Waals surface area contributed by atoms with Crippen LogP contribution in [-0.4, -0.2) is 27.3 Å². The van der Waals surface area contributed by atoms with Gasteiger partial charge in [-0.25, -0.2) is 0 Å². The third-order valence-corrected chi connectivity index (χ3v) is 4.35.